The van der Waals surface area contributed by atoms with Crippen LogP contribution in [0.2, 0.25) is 0 Å². The van der Waals surface area contributed by atoms with Crippen LogP contribution in [0.25, 0.3) is 0 Å². The maximum atomic E-state index is 11.5. The third-order valence-electron chi connectivity index (χ3n) is 2.13. The van der Waals surface area contributed by atoms with Crippen molar-refractivity contribution >= 4 is 28.6 Å². The first kappa shape index (κ1) is 12.5. The molecule has 0 aliphatic rings. The van der Waals surface area contributed by atoms with Crippen LogP contribution in [-0.4, -0.2) is 12.6 Å². The zero-order chi connectivity index (χ0) is 11.4. The van der Waals surface area contributed by atoms with Crippen LogP contribution in [-0.2, 0) is 4.74 Å². The summed E-state index contributed by atoms with van der Waals surface area (Å²) in [6.07, 6.45) is 0. The van der Waals surface area contributed by atoms with E-state index < -0.39 is 0 Å². The van der Waals surface area contributed by atoms with Crippen LogP contribution in [0.15, 0.2) is 18.2 Å². The maximum Gasteiger partial charge on any atom is 0.338 e. The van der Waals surface area contributed by atoms with Crippen LogP contribution >= 0.6 is 22.6 Å². The molecule has 0 fully saturated rings. The molecule has 0 unspecified atom stereocenters. The van der Waals surface area contributed by atoms with Gasteiger partial charge in [0.1, 0.15) is 0 Å². The average Bonchev–Trinajstić information content (AvgIpc) is 2.18. The molecule has 2 nitrogen and oxygen atoms in total. The van der Waals surface area contributed by atoms with Crippen LogP contribution in [0, 0.1) is 3.57 Å². The summed E-state index contributed by atoms with van der Waals surface area (Å²) in [4.78, 5) is 11.5. The van der Waals surface area contributed by atoms with E-state index in [-0.39, 0.29) is 5.97 Å². The number of hydrogen-bond donors (Lipinski definition) is 0. The highest BCUT2D eigenvalue weighted by Crippen LogP contribution is 2.22. The van der Waals surface area contributed by atoms with E-state index in [4.69, 9.17) is 4.74 Å². The van der Waals surface area contributed by atoms with Gasteiger partial charge in [-0.3, -0.25) is 0 Å². The lowest BCUT2D eigenvalue weighted by molar-refractivity contribution is 0.0526. The van der Waals surface area contributed by atoms with Gasteiger partial charge >= 0.3 is 5.97 Å². The lowest BCUT2D eigenvalue weighted by Crippen LogP contribution is -2.06. The molecule has 3 heteroatoms. The Hall–Kier alpha value is -0.580. The highest BCUT2D eigenvalue weighted by Gasteiger charge is 2.11. The Morgan fingerprint density at radius 2 is 2.13 bits per heavy atom. The smallest absolute Gasteiger partial charge is 0.338 e. The fourth-order valence-corrected chi connectivity index (χ4v) is 2.29. The highest BCUT2D eigenvalue weighted by molar-refractivity contribution is 14.1. The largest absolute Gasteiger partial charge is 0.462 e. The molecular weight excluding hydrogens is 303 g/mol. The zero-order valence-corrected chi connectivity index (χ0v) is 11.4. The molecule has 1 rings (SSSR count). The number of esters is 1. The molecule has 15 heavy (non-hydrogen) atoms. The third-order valence-corrected chi connectivity index (χ3v) is 3.11. The van der Waals surface area contributed by atoms with E-state index in [2.05, 4.69) is 36.4 Å². The fourth-order valence-electron chi connectivity index (χ4n) is 1.33. The van der Waals surface area contributed by atoms with Crippen LogP contribution in [0.1, 0.15) is 42.6 Å². The van der Waals surface area contributed by atoms with Crippen molar-refractivity contribution in [3.8, 4) is 0 Å². The normalized spacial score (nSPS) is 10.5. The number of carbonyl (C=O) groups excluding carboxylic acids is 1. The summed E-state index contributed by atoms with van der Waals surface area (Å²) in [7, 11) is 0. The van der Waals surface area contributed by atoms with E-state index in [9.17, 15) is 4.79 Å². The second-order valence-electron chi connectivity index (χ2n) is 3.61. The van der Waals surface area contributed by atoms with Gasteiger partial charge in [0.05, 0.1) is 12.2 Å². The quantitative estimate of drug-likeness (QED) is 0.629. The molecule has 0 heterocycles. The summed E-state index contributed by atoms with van der Waals surface area (Å²) in [5, 5.41) is 0. The molecule has 1 aromatic carbocycles. The summed E-state index contributed by atoms with van der Waals surface area (Å²) in [5.74, 6) is 0.182. The molecule has 0 radical (unpaired) electrons. The minimum atomic E-state index is -0.240. The summed E-state index contributed by atoms with van der Waals surface area (Å²) in [5.41, 5.74) is 1.84. The van der Waals surface area contributed by atoms with E-state index in [0.29, 0.717) is 18.1 Å². The van der Waals surface area contributed by atoms with Crippen molar-refractivity contribution in [2.24, 2.45) is 0 Å². The minimum absolute atomic E-state index is 0.240. The van der Waals surface area contributed by atoms with Gasteiger partial charge in [0, 0.05) is 3.57 Å². The van der Waals surface area contributed by atoms with Crippen LogP contribution in [0.3, 0.4) is 0 Å². The monoisotopic (exact) mass is 318 g/mol. The van der Waals surface area contributed by atoms with Gasteiger partial charge in [-0.25, -0.2) is 4.79 Å². The summed E-state index contributed by atoms with van der Waals surface area (Å²) in [6, 6.07) is 5.69. The Labute approximate surface area is 104 Å². The second kappa shape index (κ2) is 5.49. The average molecular weight is 318 g/mol. The van der Waals surface area contributed by atoms with Gasteiger partial charge in [0.15, 0.2) is 0 Å². The number of hydrogen-bond acceptors (Lipinski definition) is 2. The fraction of sp³-hybridized carbons (Fsp3) is 0.417. The van der Waals surface area contributed by atoms with Crippen molar-refractivity contribution in [1.82, 2.24) is 0 Å². The minimum Gasteiger partial charge on any atom is -0.462 e. The molecule has 82 valence electrons. The molecular formula is C12H15IO2. The SMILES string of the molecule is CCOC(=O)c1ccc(I)c(C(C)C)c1. The molecule has 0 saturated heterocycles. The lowest BCUT2D eigenvalue weighted by Gasteiger charge is -2.10. The van der Waals surface area contributed by atoms with Crippen molar-refractivity contribution in [3.63, 3.8) is 0 Å². The first-order chi connectivity index (χ1) is 7.06. The molecule has 0 spiro atoms. The Kier molecular flexibility index (Phi) is 4.57. The van der Waals surface area contributed by atoms with E-state index in [1.165, 1.54) is 9.13 Å². The van der Waals surface area contributed by atoms with Crippen molar-refractivity contribution in [1.29, 1.82) is 0 Å². The number of benzene rings is 1. The number of rotatable bonds is 3. The zero-order valence-electron chi connectivity index (χ0n) is 9.21. The highest BCUT2D eigenvalue weighted by atomic mass is 127. The summed E-state index contributed by atoms with van der Waals surface area (Å²) in [6.45, 7) is 6.47. The predicted molar refractivity (Wildman–Crippen MR) is 69.2 cm³/mol. The summed E-state index contributed by atoms with van der Waals surface area (Å²) < 4.78 is 6.15. The van der Waals surface area contributed by atoms with E-state index in [1.807, 2.05) is 25.1 Å². The molecule has 0 aliphatic carbocycles. The topological polar surface area (TPSA) is 26.3 Å². The van der Waals surface area contributed by atoms with Crippen molar-refractivity contribution in [2.45, 2.75) is 26.7 Å². The lowest BCUT2D eigenvalue weighted by atomic mass is 10.0. The van der Waals surface area contributed by atoms with E-state index in [0.717, 1.165) is 0 Å². The van der Waals surface area contributed by atoms with Gasteiger partial charge in [-0.2, -0.15) is 0 Å². The van der Waals surface area contributed by atoms with Gasteiger partial charge < -0.3 is 4.74 Å². The van der Waals surface area contributed by atoms with Gasteiger partial charge in [-0.1, -0.05) is 13.8 Å². The van der Waals surface area contributed by atoms with Gasteiger partial charge in [-0.05, 0) is 59.2 Å². The summed E-state index contributed by atoms with van der Waals surface area (Å²) >= 11 is 2.28. The Balaban J connectivity index is 3.02. The van der Waals surface area contributed by atoms with Gasteiger partial charge in [-0.15, -0.1) is 0 Å². The number of halogens is 1. The van der Waals surface area contributed by atoms with Crippen molar-refractivity contribution < 1.29 is 9.53 Å². The predicted octanol–water partition coefficient (Wildman–Crippen LogP) is 3.59. The van der Waals surface area contributed by atoms with Gasteiger partial charge in [0.25, 0.3) is 0 Å². The van der Waals surface area contributed by atoms with Crippen molar-refractivity contribution in [2.75, 3.05) is 6.61 Å². The van der Waals surface area contributed by atoms with Crippen LogP contribution in [0.4, 0.5) is 0 Å². The standard InChI is InChI=1S/C12H15IO2/c1-4-15-12(14)9-5-6-11(13)10(7-9)8(2)3/h5-8H,4H2,1-3H3. The number of carbonyl (C=O) groups is 1. The molecule has 0 bridgehead atoms. The maximum absolute atomic E-state index is 11.5. The Morgan fingerprint density at radius 3 is 2.67 bits per heavy atom. The molecule has 0 amide bonds. The Bertz CT molecular complexity index is 359. The van der Waals surface area contributed by atoms with E-state index in [1.54, 1.807) is 0 Å². The molecule has 0 aliphatic heterocycles. The van der Waals surface area contributed by atoms with Gasteiger partial charge in [0.2, 0.25) is 0 Å². The second-order valence-corrected chi connectivity index (χ2v) is 4.77. The van der Waals surface area contributed by atoms with Crippen LogP contribution in [0.5, 0.6) is 0 Å². The van der Waals surface area contributed by atoms with Crippen molar-refractivity contribution in [3.05, 3.63) is 32.9 Å². The Morgan fingerprint density at radius 1 is 1.47 bits per heavy atom. The molecule has 0 N–H and O–H groups in total. The van der Waals surface area contributed by atoms with Crippen LogP contribution < -0.4 is 0 Å². The molecule has 0 saturated carbocycles. The molecule has 0 atom stereocenters. The molecule has 1 aromatic rings. The molecule has 0 aromatic heterocycles. The third kappa shape index (κ3) is 3.19. The first-order valence-electron chi connectivity index (χ1n) is 5.02. The number of ether oxygens (including phenoxy) is 1. The van der Waals surface area contributed by atoms with E-state index >= 15 is 0 Å². The first-order valence-corrected chi connectivity index (χ1v) is 6.10.